The standard InChI is InChI=1S/C8H12O/c1-3-7-5-8(9)4-6(7)2/h4,7H,3,5H2,1-2H3. The summed E-state index contributed by atoms with van der Waals surface area (Å²) in [4.78, 5) is 10.7. The van der Waals surface area contributed by atoms with E-state index >= 15 is 0 Å². The van der Waals surface area contributed by atoms with Gasteiger partial charge < -0.3 is 0 Å². The Morgan fingerprint density at radius 2 is 2.44 bits per heavy atom. The summed E-state index contributed by atoms with van der Waals surface area (Å²) in [6, 6.07) is 0. The van der Waals surface area contributed by atoms with Gasteiger partial charge >= 0.3 is 0 Å². The molecule has 0 aromatic carbocycles. The van der Waals surface area contributed by atoms with Crippen molar-refractivity contribution in [3.05, 3.63) is 11.6 Å². The first-order valence-corrected chi connectivity index (χ1v) is 3.45. The summed E-state index contributed by atoms with van der Waals surface area (Å²) >= 11 is 0. The number of allylic oxidation sites excluding steroid dienone is 2. The molecule has 0 N–H and O–H groups in total. The summed E-state index contributed by atoms with van der Waals surface area (Å²) in [5, 5.41) is 0. The van der Waals surface area contributed by atoms with Gasteiger partial charge in [0.15, 0.2) is 5.78 Å². The number of carbonyl (C=O) groups is 1. The van der Waals surface area contributed by atoms with E-state index in [-0.39, 0.29) is 0 Å². The van der Waals surface area contributed by atoms with E-state index in [2.05, 4.69) is 6.92 Å². The van der Waals surface area contributed by atoms with Crippen LogP contribution in [0, 0.1) is 5.92 Å². The highest BCUT2D eigenvalue weighted by atomic mass is 16.1. The maximum Gasteiger partial charge on any atom is 0.156 e. The van der Waals surface area contributed by atoms with Crippen LogP contribution >= 0.6 is 0 Å². The Bertz CT molecular complexity index is 156. The van der Waals surface area contributed by atoms with E-state index in [4.69, 9.17) is 0 Å². The fourth-order valence-electron chi connectivity index (χ4n) is 1.30. The molecule has 0 bridgehead atoms. The highest BCUT2D eigenvalue weighted by Gasteiger charge is 2.18. The van der Waals surface area contributed by atoms with Gasteiger partial charge in [0.2, 0.25) is 0 Å². The summed E-state index contributed by atoms with van der Waals surface area (Å²) < 4.78 is 0. The first-order valence-electron chi connectivity index (χ1n) is 3.45. The maximum atomic E-state index is 10.7. The van der Waals surface area contributed by atoms with Gasteiger partial charge in [0, 0.05) is 6.42 Å². The topological polar surface area (TPSA) is 17.1 Å². The van der Waals surface area contributed by atoms with Gasteiger partial charge in [0.05, 0.1) is 0 Å². The summed E-state index contributed by atoms with van der Waals surface area (Å²) in [7, 11) is 0. The zero-order chi connectivity index (χ0) is 6.85. The molecule has 1 heteroatoms. The summed E-state index contributed by atoms with van der Waals surface area (Å²) in [6.07, 6.45) is 3.63. The molecule has 1 aliphatic rings. The van der Waals surface area contributed by atoms with Crippen LogP contribution in [0.3, 0.4) is 0 Å². The second-order valence-electron chi connectivity index (χ2n) is 2.66. The van der Waals surface area contributed by atoms with E-state index in [0.29, 0.717) is 11.7 Å². The lowest BCUT2D eigenvalue weighted by molar-refractivity contribution is -0.114. The Morgan fingerprint density at radius 1 is 1.78 bits per heavy atom. The molecule has 0 heterocycles. The van der Waals surface area contributed by atoms with E-state index in [1.54, 1.807) is 6.08 Å². The van der Waals surface area contributed by atoms with Crippen molar-refractivity contribution in [2.75, 3.05) is 0 Å². The molecule has 9 heavy (non-hydrogen) atoms. The van der Waals surface area contributed by atoms with Gasteiger partial charge in [-0.1, -0.05) is 12.5 Å². The predicted molar refractivity (Wildman–Crippen MR) is 37.2 cm³/mol. The van der Waals surface area contributed by atoms with Crippen LogP contribution in [-0.2, 0) is 4.79 Å². The Kier molecular flexibility index (Phi) is 1.70. The largest absolute Gasteiger partial charge is 0.295 e. The molecule has 0 saturated heterocycles. The number of hydrogen-bond donors (Lipinski definition) is 0. The SMILES string of the molecule is CCC1CC(=O)C=C1C. The Balaban J connectivity index is 2.64. The lowest BCUT2D eigenvalue weighted by Crippen LogP contribution is -1.96. The van der Waals surface area contributed by atoms with Gasteiger partial charge in [0.1, 0.15) is 0 Å². The van der Waals surface area contributed by atoms with Gasteiger partial charge in [-0.2, -0.15) is 0 Å². The Labute approximate surface area is 55.8 Å². The molecular formula is C8H12O. The molecular weight excluding hydrogens is 112 g/mol. The number of carbonyl (C=O) groups excluding carboxylic acids is 1. The van der Waals surface area contributed by atoms with Crippen molar-refractivity contribution in [3.63, 3.8) is 0 Å². The molecule has 1 nitrogen and oxygen atoms in total. The first-order chi connectivity index (χ1) is 4.24. The van der Waals surface area contributed by atoms with Crippen molar-refractivity contribution in [1.82, 2.24) is 0 Å². The summed E-state index contributed by atoms with van der Waals surface area (Å²) in [5.74, 6) is 0.858. The van der Waals surface area contributed by atoms with Crippen LogP contribution in [0.1, 0.15) is 26.7 Å². The van der Waals surface area contributed by atoms with Crippen LogP contribution in [-0.4, -0.2) is 5.78 Å². The predicted octanol–water partition coefficient (Wildman–Crippen LogP) is 1.93. The molecule has 0 aromatic rings. The summed E-state index contributed by atoms with van der Waals surface area (Å²) in [5.41, 5.74) is 1.27. The minimum absolute atomic E-state index is 0.305. The third-order valence-electron chi connectivity index (χ3n) is 1.97. The quantitative estimate of drug-likeness (QED) is 0.522. The van der Waals surface area contributed by atoms with Gasteiger partial charge in [-0.05, 0) is 25.3 Å². The lowest BCUT2D eigenvalue weighted by Gasteiger charge is -2.04. The third-order valence-corrected chi connectivity index (χ3v) is 1.97. The third kappa shape index (κ3) is 1.21. The Morgan fingerprint density at radius 3 is 2.67 bits per heavy atom. The molecule has 0 fully saturated rings. The highest BCUT2D eigenvalue weighted by Crippen LogP contribution is 2.24. The van der Waals surface area contributed by atoms with Crippen molar-refractivity contribution in [2.45, 2.75) is 26.7 Å². The minimum atomic E-state index is 0.305. The molecule has 1 rings (SSSR count). The highest BCUT2D eigenvalue weighted by molar-refractivity contribution is 5.93. The van der Waals surface area contributed by atoms with Crippen molar-refractivity contribution in [1.29, 1.82) is 0 Å². The molecule has 1 aliphatic carbocycles. The van der Waals surface area contributed by atoms with Crippen LogP contribution in [0.5, 0.6) is 0 Å². The van der Waals surface area contributed by atoms with Crippen LogP contribution < -0.4 is 0 Å². The van der Waals surface area contributed by atoms with Crippen molar-refractivity contribution in [3.8, 4) is 0 Å². The van der Waals surface area contributed by atoms with Gasteiger partial charge in [-0.3, -0.25) is 4.79 Å². The molecule has 1 atom stereocenters. The van der Waals surface area contributed by atoms with E-state index in [1.165, 1.54) is 5.57 Å². The van der Waals surface area contributed by atoms with E-state index in [0.717, 1.165) is 12.8 Å². The molecule has 0 radical (unpaired) electrons. The molecule has 50 valence electrons. The molecule has 0 saturated carbocycles. The lowest BCUT2D eigenvalue weighted by atomic mass is 10.0. The van der Waals surface area contributed by atoms with Crippen molar-refractivity contribution in [2.24, 2.45) is 5.92 Å². The average Bonchev–Trinajstić information content (AvgIpc) is 2.10. The maximum absolute atomic E-state index is 10.7. The van der Waals surface area contributed by atoms with E-state index < -0.39 is 0 Å². The number of rotatable bonds is 1. The molecule has 0 aliphatic heterocycles. The molecule has 1 unspecified atom stereocenters. The van der Waals surface area contributed by atoms with Crippen LogP contribution in [0.2, 0.25) is 0 Å². The fourth-order valence-corrected chi connectivity index (χ4v) is 1.30. The van der Waals surface area contributed by atoms with Gasteiger partial charge in [-0.15, -0.1) is 0 Å². The average molecular weight is 124 g/mol. The molecule has 0 spiro atoms. The van der Waals surface area contributed by atoms with Crippen molar-refractivity contribution < 1.29 is 4.79 Å². The van der Waals surface area contributed by atoms with Crippen LogP contribution in [0.25, 0.3) is 0 Å². The number of ketones is 1. The fraction of sp³-hybridized carbons (Fsp3) is 0.625. The second-order valence-corrected chi connectivity index (χ2v) is 2.66. The van der Waals surface area contributed by atoms with Crippen LogP contribution in [0.4, 0.5) is 0 Å². The zero-order valence-electron chi connectivity index (χ0n) is 5.98. The molecule has 0 amide bonds. The Hall–Kier alpha value is -0.590. The van der Waals surface area contributed by atoms with Crippen LogP contribution in [0.15, 0.2) is 11.6 Å². The smallest absolute Gasteiger partial charge is 0.156 e. The second kappa shape index (κ2) is 2.34. The number of hydrogen-bond acceptors (Lipinski definition) is 1. The van der Waals surface area contributed by atoms with E-state index in [9.17, 15) is 4.79 Å². The molecule has 0 aromatic heterocycles. The normalized spacial score (nSPS) is 26.7. The van der Waals surface area contributed by atoms with Gasteiger partial charge in [-0.25, -0.2) is 0 Å². The van der Waals surface area contributed by atoms with Gasteiger partial charge in [0.25, 0.3) is 0 Å². The first kappa shape index (κ1) is 6.53. The van der Waals surface area contributed by atoms with Crippen molar-refractivity contribution >= 4 is 5.78 Å². The monoisotopic (exact) mass is 124 g/mol. The van der Waals surface area contributed by atoms with E-state index in [1.807, 2.05) is 6.92 Å². The summed E-state index contributed by atoms with van der Waals surface area (Å²) in [6.45, 7) is 4.17. The zero-order valence-corrected chi connectivity index (χ0v) is 5.98. The minimum Gasteiger partial charge on any atom is -0.295 e.